The molecule has 0 radical (unpaired) electrons. The fraction of sp³-hybridized carbons (Fsp3) is 0.400. The summed E-state index contributed by atoms with van der Waals surface area (Å²) in [6.45, 7) is 1.38. The highest BCUT2D eigenvalue weighted by atomic mass is 16.6. The molecule has 160 valence electrons. The Bertz CT molecular complexity index is 748. The highest BCUT2D eigenvalue weighted by Gasteiger charge is 2.46. The van der Waals surface area contributed by atoms with E-state index in [0.717, 1.165) is 0 Å². The summed E-state index contributed by atoms with van der Waals surface area (Å²) in [5.74, 6) is -3.99. The van der Waals surface area contributed by atoms with Crippen LogP contribution in [0.2, 0.25) is 0 Å². The van der Waals surface area contributed by atoms with Gasteiger partial charge in [0.05, 0.1) is 13.2 Å². The Morgan fingerprint density at radius 3 is 1.27 bits per heavy atom. The second kappa shape index (κ2) is 8.64. The molecule has 2 heterocycles. The lowest BCUT2D eigenvalue weighted by molar-refractivity contribution is -0.163. The molecule has 2 aliphatic heterocycles. The highest BCUT2D eigenvalue weighted by molar-refractivity contribution is 6.05. The third-order valence-electron chi connectivity index (χ3n) is 4.65. The molecule has 4 aliphatic rings. The molecule has 0 aromatic carbocycles. The van der Waals surface area contributed by atoms with Crippen molar-refractivity contribution in [1.82, 2.24) is 0 Å². The third kappa shape index (κ3) is 4.66. The molecule has 2 aliphatic carbocycles. The van der Waals surface area contributed by atoms with Gasteiger partial charge in [-0.15, -0.1) is 0 Å². The van der Waals surface area contributed by atoms with Crippen molar-refractivity contribution in [3.63, 3.8) is 0 Å². The molecular formula is C20H20O10. The number of carboxylic acid groups (broad SMARTS) is 2. The van der Waals surface area contributed by atoms with Crippen molar-refractivity contribution >= 4 is 23.9 Å². The standard InChI is InChI=1S/2C10H10O5/c2*11-8(12)10(3-1-2-4-10)9(13)15-6-7-5-14-7/h2*1-4,7H,5-6H2,(H,11,12). The molecule has 2 atom stereocenters. The minimum Gasteiger partial charge on any atom is -0.480 e. The number of epoxide rings is 2. The van der Waals surface area contributed by atoms with Crippen LogP contribution in [0.4, 0.5) is 0 Å². The largest absolute Gasteiger partial charge is 0.480 e. The van der Waals surface area contributed by atoms with Crippen LogP contribution in [0, 0.1) is 10.8 Å². The highest BCUT2D eigenvalue weighted by Crippen LogP contribution is 2.29. The summed E-state index contributed by atoms with van der Waals surface area (Å²) in [7, 11) is 0. The number of carboxylic acids is 2. The number of rotatable bonds is 8. The summed E-state index contributed by atoms with van der Waals surface area (Å²) in [6.07, 6.45) is 11.2. The Labute approximate surface area is 171 Å². The van der Waals surface area contributed by atoms with E-state index in [9.17, 15) is 19.2 Å². The maximum Gasteiger partial charge on any atom is 0.331 e. The van der Waals surface area contributed by atoms with E-state index in [4.69, 9.17) is 29.2 Å². The summed E-state index contributed by atoms with van der Waals surface area (Å²) in [5.41, 5.74) is -3.29. The second-order valence-electron chi connectivity index (χ2n) is 6.89. The predicted octanol–water partition coefficient (Wildman–Crippen LogP) is 0.251. The van der Waals surface area contributed by atoms with Crippen LogP contribution in [0.5, 0.6) is 0 Å². The lowest BCUT2D eigenvalue weighted by Gasteiger charge is -2.17. The van der Waals surface area contributed by atoms with E-state index in [1.54, 1.807) is 0 Å². The van der Waals surface area contributed by atoms with Crippen LogP contribution in [-0.4, -0.2) is 72.7 Å². The Morgan fingerprint density at radius 1 is 0.733 bits per heavy atom. The Kier molecular flexibility index (Phi) is 6.18. The van der Waals surface area contributed by atoms with Gasteiger partial charge in [0.2, 0.25) is 10.8 Å². The van der Waals surface area contributed by atoms with E-state index in [-0.39, 0.29) is 25.4 Å². The fourth-order valence-electron chi connectivity index (χ4n) is 2.58. The summed E-state index contributed by atoms with van der Waals surface area (Å²) < 4.78 is 19.4. The number of allylic oxidation sites excluding steroid dienone is 4. The average molecular weight is 420 g/mol. The molecule has 0 amide bonds. The zero-order valence-electron chi connectivity index (χ0n) is 15.8. The minimum atomic E-state index is -1.64. The smallest absolute Gasteiger partial charge is 0.331 e. The van der Waals surface area contributed by atoms with Crippen LogP contribution in [0.25, 0.3) is 0 Å². The van der Waals surface area contributed by atoms with Crippen LogP contribution in [0.1, 0.15) is 0 Å². The number of hydrogen-bond acceptors (Lipinski definition) is 8. The van der Waals surface area contributed by atoms with Gasteiger partial charge < -0.3 is 29.2 Å². The normalized spacial score (nSPS) is 25.2. The topological polar surface area (TPSA) is 152 Å². The Balaban J connectivity index is 0.000000171. The van der Waals surface area contributed by atoms with Gasteiger partial charge in [-0.05, 0) is 0 Å². The van der Waals surface area contributed by atoms with E-state index in [0.29, 0.717) is 13.2 Å². The summed E-state index contributed by atoms with van der Waals surface area (Å²) in [5, 5.41) is 18.0. The molecule has 2 unspecified atom stereocenters. The molecular weight excluding hydrogens is 400 g/mol. The van der Waals surface area contributed by atoms with E-state index in [1.165, 1.54) is 48.6 Å². The first-order chi connectivity index (χ1) is 14.3. The third-order valence-corrected chi connectivity index (χ3v) is 4.65. The van der Waals surface area contributed by atoms with Crippen molar-refractivity contribution in [3.05, 3.63) is 48.6 Å². The second-order valence-corrected chi connectivity index (χ2v) is 6.89. The van der Waals surface area contributed by atoms with Gasteiger partial charge in [0.15, 0.2) is 0 Å². The van der Waals surface area contributed by atoms with Gasteiger partial charge in [-0.25, -0.2) is 0 Å². The number of aliphatic carboxylic acids is 2. The SMILES string of the molecule is O=C(O)C1(C(=O)OCC2CO2)C=CC=C1.O=C(O)C1(C(=O)OCC2CO2)C=CC=C1. The fourth-order valence-corrected chi connectivity index (χ4v) is 2.58. The zero-order valence-corrected chi connectivity index (χ0v) is 15.8. The van der Waals surface area contributed by atoms with Crippen LogP contribution >= 0.6 is 0 Å². The van der Waals surface area contributed by atoms with Crippen molar-refractivity contribution < 1.29 is 48.3 Å². The molecule has 0 aromatic rings. The van der Waals surface area contributed by atoms with Crippen molar-refractivity contribution in [2.24, 2.45) is 10.8 Å². The molecule has 2 N–H and O–H groups in total. The van der Waals surface area contributed by atoms with Gasteiger partial charge in [-0.1, -0.05) is 48.6 Å². The van der Waals surface area contributed by atoms with E-state index >= 15 is 0 Å². The summed E-state index contributed by atoms with van der Waals surface area (Å²) in [4.78, 5) is 45.1. The quantitative estimate of drug-likeness (QED) is 0.317. The van der Waals surface area contributed by atoms with Crippen LogP contribution in [0.15, 0.2) is 48.6 Å². The molecule has 0 spiro atoms. The Morgan fingerprint density at radius 2 is 1.03 bits per heavy atom. The van der Waals surface area contributed by atoms with Gasteiger partial charge in [-0.3, -0.25) is 19.2 Å². The molecule has 2 saturated heterocycles. The van der Waals surface area contributed by atoms with Gasteiger partial charge in [0, 0.05) is 0 Å². The molecule has 0 saturated carbocycles. The Hall–Kier alpha value is -3.24. The van der Waals surface area contributed by atoms with Crippen molar-refractivity contribution in [2.45, 2.75) is 12.2 Å². The van der Waals surface area contributed by atoms with E-state index < -0.39 is 34.7 Å². The summed E-state index contributed by atoms with van der Waals surface area (Å²) >= 11 is 0. The van der Waals surface area contributed by atoms with Crippen molar-refractivity contribution in [2.75, 3.05) is 26.4 Å². The van der Waals surface area contributed by atoms with E-state index in [1.807, 2.05) is 0 Å². The minimum absolute atomic E-state index is 0.0610. The number of carbonyl (C=O) groups is 4. The van der Waals surface area contributed by atoms with Gasteiger partial charge in [-0.2, -0.15) is 0 Å². The molecule has 10 nitrogen and oxygen atoms in total. The van der Waals surface area contributed by atoms with E-state index in [2.05, 4.69) is 0 Å². The molecule has 10 heteroatoms. The average Bonchev–Trinajstić information content (AvgIpc) is 3.62. The van der Waals surface area contributed by atoms with Crippen LogP contribution < -0.4 is 0 Å². The maximum absolute atomic E-state index is 11.6. The molecule has 0 aromatic heterocycles. The van der Waals surface area contributed by atoms with Crippen molar-refractivity contribution in [1.29, 1.82) is 0 Å². The van der Waals surface area contributed by atoms with Gasteiger partial charge >= 0.3 is 23.9 Å². The van der Waals surface area contributed by atoms with Crippen LogP contribution in [-0.2, 0) is 38.1 Å². The first kappa shape index (κ1) is 21.5. The summed E-state index contributed by atoms with van der Waals surface area (Å²) in [6, 6.07) is 0. The zero-order chi connectivity index (χ0) is 21.8. The lowest BCUT2D eigenvalue weighted by Crippen LogP contribution is -2.36. The number of carbonyl (C=O) groups excluding carboxylic acids is 2. The van der Waals surface area contributed by atoms with Gasteiger partial charge in [0.25, 0.3) is 0 Å². The maximum atomic E-state index is 11.6. The number of ether oxygens (including phenoxy) is 4. The number of hydrogen-bond donors (Lipinski definition) is 2. The van der Waals surface area contributed by atoms with Crippen molar-refractivity contribution in [3.8, 4) is 0 Å². The molecule has 2 fully saturated rings. The first-order valence-electron chi connectivity index (χ1n) is 9.09. The predicted molar refractivity (Wildman–Crippen MR) is 98.1 cm³/mol. The molecule has 0 bridgehead atoms. The number of esters is 2. The first-order valence-corrected chi connectivity index (χ1v) is 9.09. The molecule has 4 rings (SSSR count). The monoisotopic (exact) mass is 420 g/mol. The van der Waals surface area contributed by atoms with Crippen LogP contribution in [0.3, 0.4) is 0 Å². The molecule has 30 heavy (non-hydrogen) atoms. The lowest BCUT2D eigenvalue weighted by atomic mass is 9.90. The van der Waals surface area contributed by atoms with Gasteiger partial charge in [0.1, 0.15) is 25.4 Å².